The molecule has 0 heterocycles. The molecule has 0 spiro atoms. The number of amides is 1. The zero-order chi connectivity index (χ0) is 20.8. The number of carbonyl (C=O) groups is 2. The maximum atomic E-state index is 12.7. The molecular formula is C20H21ClN2O5. The van der Waals surface area contributed by atoms with Gasteiger partial charge in [0.25, 0.3) is 11.6 Å². The molecule has 1 N–H and O–H groups in total. The highest BCUT2D eigenvalue weighted by Crippen LogP contribution is 2.24. The van der Waals surface area contributed by atoms with Gasteiger partial charge >= 0.3 is 5.97 Å². The SMILES string of the molecule is Cc1ccc(C(CC(=O)OC(C)C)NC(=O)c2ccc([N+](=O)[O-])cc2Cl)cc1. The van der Waals surface area contributed by atoms with E-state index < -0.39 is 22.8 Å². The van der Waals surface area contributed by atoms with Crippen LogP contribution in [0.5, 0.6) is 0 Å². The molecule has 2 rings (SSSR count). The van der Waals surface area contributed by atoms with Gasteiger partial charge in [-0.1, -0.05) is 41.4 Å². The second-order valence-corrected chi connectivity index (χ2v) is 7.01. The lowest BCUT2D eigenvalue weighted by atomic mass is 10.0. The molecule has 8 heteroatoms. The normalized spacial score (nSPS) is 11.8. The molecule has 0 radical (unpaired) electrons. The first kappa shape index (κ1) is 21.4. The lowest BCUT2D eigenvalue weighted by Gasteiger charge is -2.20. The van der Waals surface area contributed by atoms with Gasteiger partial charge in [-0.3, -0.25) is 19.7 Å². The van der Waals surface area contributed by atoms with Crippen molar-refractivity contribution in [3.63, 3.8) is 0 Å². The molecule has 148 valence electrons. The van der Waals surface area contributed by atoms with Crippen LogP contribution >= 0.6 is 11.6 Å². The summed E-state index contributed by atoms with van der Waals surface area (Å²) in [5.74, 6) is -0.988. The van der Waals surface area contributed by atoms with Crippen molar-refractivity contribution >= 4 is 29.2 Å². The number of non-ortho nitro benzene ring substituents is 1. The monoisotopic (exact) mass is 404 g/mol. The number of halogens is 1. The molecule has 0 saturated heterocycles. The van der Waals surface area contributed by atoms with Gasteiger partial charge in [-0.05, 0) is 32.4 Å². The summed E-state index contributed by atoms with van der Waals surface area (Å²) in [4.78, 5) is 35.1. The number of nitrogens with one attached hydrogen (secondary N) is 1. The molecule has 0 aliphatic carbocycles. The van der Waals surface area contributed by atoms with Gasteiger partial charge in [0, 0.05) is 12.1 Å². The molecule has 2 aromatic rings. The summed E-state index contributed by atoms with van der Waals surface area (Å²) in [5, 5.41) is 13.6. The molecule has 1 atom stereocenters. The second kappa shape index (κ2) is 9.32. The van der Waals surface area contributed by atoms with E-state index in [2.05, 4.69) is 5.32 Å². The van der Waals surface area contributed by atoms with Gasteiger partial charge in [0.1, 0.15) is 0 Å². The second-order valence-electron chi connectivity index (χ2n) is 6.60. The number of nitro groups is 1. The summed E-state index contributed by atoms with van der Waals surface area (Å²) in [6, 6.07) is 10.4. The smallest absolute Gasteiger partial charge is 0.308 e. The van der Waals surface area contributed by atoms with Crippen LogP contribution in [0.1, 0.15) is 47.8 Å². The quantitative estimate of drug-likeness (QED) is 0.419. The van der Waals surface area contributed by atoms with E-state index in [9.17, 15) is 19.7 Å². The number of benzene rings is 2. The molecular weight excluding hydrogens is 384 g/mol. The van der Waals surface area contributed by atoms with Crippen LogP contribution in [-0.2, 0) is 9.53 Å². The van der Waals surface area contributed by atoms with Crippen molar-refractivity contribution in [3.05, 3.63) is 74.3 Å². The van der Waals surface area contributed by atoms with E-state index in [0.29, 0.717) is 0 Å². The number of ether oxygens (including phenoxy) is 1. The number of rotatable bonds is 7. The fraction of sp³-hybridized carbons (Fsp3) is 0.300. The van der Waals surface area contributed by atoms with E-state index in [1.54, 1.807) is 13.8 Å². The molecule has 0 fully saturated rings. The minimum atomic E-state index is -0.634. The summed E-state index contributed by atoms with van der Waals surface area (Å²) in [6.45, 7) is 5.42. The molecule has 0 aromatic heterocycles. The van der Waals surface area contributed by atoms with Crippen molar-refractivity contribution < 1.29 is 19.2 Å². The Bertz CT molecular complexity index is 881. The summed E-state index contributed by atoms with van der Waals surface area (Å²) in [6.07, 6.45) is -0.330. The van der Waals surface area contributed by atoms with Gasteiger partial charge in [-0.2, -0.15) is 0 Å². The largest absolute Gasteiger partial charge is 0.463 e. The van der Waals surface area contributed by atoms with Crippen LogP contribution in [0.15, 0.2) is 42.5 Å². The van der Waals surface area contributed by atoms with Crippen LogP contribution in [0.2, 0.25) is 5.02 Å². The zero-order valence-corrected chi connectivity index (χ0v) is 16.5. The Morgan fingerprint density at radius 2 is 1.82 bits per heavy atom. The highest BCUT2D eigenvalue weighted by Gasteiger charge is 2.22. The Morgan fingerprint density at radius 3 is 2.36 bits per heavy atom. The number of esters is 1. The number of nitrogens with zero attached hydrogens (tertiary/aromatic N) is 1. The van der Waals surface area contributed by atoms with Gasteiger partial charge in [0.15, 0.2) is 0 Å². The molecule has 0 bridgehead atoms. The molecule has 0 aliphatic heterocycles. The van der Waals surface area contributed by atoms with Gasteiger partial charge in [-0.15, -0.1) is 0 Å². The van der Waals surface area contributed by atoms with Crippen molar-refractivity contribution in [1.29, 1.82) is 0 Å². The standard InChI is InChI=1S/C20H21ClN2O5/c1-12(2)28-19(24)11-18(14-6-4-13(3)5-7-14)22-20(25)16-9-8-15(23(26)27)10-17(16)21/h4-10,12,18H,11H2,1-3H3,(H,22,25). The van der Waals surface area contributed by atoms with Gasteiger partial charge < -0.3 is 10.1 Å². The number of hydrogen-bond donors (Lipinski definition) is 1. The van der Waals surface area contributed by atoms with Crippen LogP contribution in [-0.4, -0.2) is 22.9 Å². The average Bonchev–Trinajstić information content (AvgIpc) is 2.60. The third-order valence-electron chi connectivity index (χ3n) is 3.93. The van der Waals surface area contributed by atoms with Crippen LogP contribution in [0.4, 0.5) is 5.69 Å². The Labute approximate surface area is 167 Å². The Hall–Kier alpha value is -2.93. The van der Waals surface area contributed by atoms with Crippen molar-refractivity contribution in [3.8, 4) is 0 Å². The zero-order valence-electron chi connectivity index (χ0n) is 15.8. The van der Waals surface area contributed by atoms with E-state index in [-0.39, 0.29) is 28.8 Å². The summed E-state index contributed by atoms with van der Waals surface area (Å²) < 4.78 is 5.19. The van der Waals surface area contributed by atoms with Gasteiger partial charge in [0.2, 0.25) is 0 Å². The summed E-state index contributed by atoms with van der Waals surface area (Å²) in [5.41, 5.74) is 1.65. The van der Waals surface area contributed by atoms with E-state index in [1.165, 1.54) is 12.1 Å². The first-order valence-corrected chi connectivity index (χ1v) is 9.06. The van der Waals surface area contributed by atoms with E-state index in [4.69, 9.17) is 16.3 Å². The lowest BCUT2D eigenvalue weighted by molar-refractivity contribution is -0.384. The Kier molecular flexibility index (Phi) is 7.12. The fourth-order valence-corrected chi connectivity index (χ4v) is 2.83. The third kappa shape index (κ3) is 5.79. The predicted molar refractivity (Wildman–Crippen MR) is 105 cm³/mol. The average molecular weight is 405 g/mol. The highest BCUT2D eigenvalue weighted by atomic mass is 35.5. The van der Waals surface area contributed by atoms with Crippen LogP contribution in [0, 0.1) is 17.0 Å². The minimum absolute atomic E-state index is 0.0425. The minimum Gasteiger partial charge on any atom is -0.463 e. The predicted octanol–water partition coefficient (Wildman–Crippen LogP) is 4.37. The van der Waals surface area contributed by atoms with Crippen LogP contribution < -0.4 is 5.32 Å². The molecule has 1 unspecified atom stereocenters. The van der Waals surface area contributed by atoms with E-state index in [1.807, 2.05) is 31.2 Å². The van der Waals surface area contributed by atoms with Gasteiger partial charge in [-0.25, -0.2) is 0 Å². The first-order chi connectivity index (χ1) is 13.2. The number of hydrogen-bond acceptors (Lipinski definition) is 5. The maximum absolute atomic E-state index is 12.7. The van der Waals surface area contributed by atoms with Crippen LogP contribution in [0.25, 0.3) is 0 Å². The molecule has 0 saturated carbocycles. The third-order valence-corrected chi connectivity index (χ3v) is 4.24. The number of aryl methyl sites for hydroxylation is 1. The highest BCUT2D eigenvalue weighted by molar-refractivity contribution is 6.34. The lowest BCUT2D eigenvalue weighted by Crippen LogP contribution is -2.31. The van der Waals surface area contributed by atoms with Crippen molar-refractivity contribution in [2.75, 3.05) is 0 Å². The molecule has 1 amide bonds. The van der Waals surface area contributed by atoms with E-state index >= 15 is 0 Å². The summed E-state index contributed by atoms with van der Waals surface area (Å²) >= 11 is 6.04. The number of carbonyl (C=O) groups excluding carboxylic acids is 2. The topological polar surface area (TPSA) is 98.5 Å². The van der Waals surface area contributed by atoms with Gasteiger partial charge in [0.05, 0.1) is 34.1 Å². The first-order valence-electron chi connectivity index (χ1n) is 8.68. The Morgan fingerprint density at radius 1 is 1.18 bits per heavy atom. The van der Waals surface area contributed by atoms with Crippen LogP contribution in [0.3, 0.4) is 0 Å². The van der Waals surface area contributed by atoms with Crippen molar-refractivity contribution in [1.82, 2.24) is 5.32 Å². The molecule has 28 heavy (non-hydrogen) atoms. The molecule has 0 aliphatic rings. The molecule has 2 aromatic carbocycles. The maximum Gasteiger partial charge on any atom is 0.308 e. The number of nitro benzene ring substituents is 1. The fourth-order valence-electron chi connectivity index (χ4n) is 2.57. The Balaban J connectivity index is 2.25. The molecule has 7 nitrogen and oxygen atoms in total. The summed E-state index contributed by atoms with van der Waals surface area (Å²) in [7, 11) is 0. The van der Waals surface area contributed by atoms with E-state index in [0.717, 1.165) is 17.2 Å². The van der Waals surface area contributed by atoms with Crippen molar-refractivity contribution in [2.45, 2.75) is 39.3 Å². The van der Waals surface area contributed by atoms with Crippen molar-refractivity contribution in [2.24, 2.45) is 0 Å².